The van der Waals surface area contributed by atoms with Crippen LogP contribution in [-0.2, 0) is 21.7 Å². The van der Waals surface area contributed by atoms with Gasteiger partial charge in [0.1, 0.15) is 22.6 Å². The molecule has 6 rings (SSSR count). The van der Waals surface area contributed by atoms with E-state index >= 15 is 0 Å². The van der Waals surface area contributed by atoms with Gasteiger partial charge in [-0.05, 0) is 80.3 Å². The van der Waals surface area contributed by atoms with Gasteiger partial charge in [0.2, 0.25) is 10.9 Å². The zero-order chi connectivity index (χ0) is 43.1. The number of anilines is 2. The van der Waals surface area contributed by atoms with Crippen molar-refractivity contribution in [2.24, 2.45) is 0 Å². The van der Waals surface area contributed by atoms with Gasteiger partial charge in [0, 0.05) is 57.7 Å². The number of aromatic nitrogens is 2. The molecule has 0 saturated heterocycles. The van der Waals surface area contributed by atoms with Crippen LogP contribution in [0, 0.1) is 0 Å². The Morgan fingerprint density at radius 2 is 0.793 bits per heavy atom. The first-order valence-corrected chi connectivity index (χ1v) is 19.4. The number of carbonyl (C=O) groups is 2. The van der Waals surface area contributed by atoms with E-state index in [2.05, 4.69) is 20.6 Å². The molecule has 0 aliphatic carbocycles. The maximum atomic E-state index is 12.9. The Morgan fingerprint density at radius 1 is 0.483 bits per heavy atom. The molecule has 0 radical (unpaired) electrons. The lowest BCUT2D eigenvalue weighted by Gasteiger charge is -2.28. The normalized spacial score (nSPS) is 12.2. The van der Waals surface area contributed by atoms with Crippen LogP contribution >= 0.6 is 0 Å². The van der Waals surface area contributed by atoms with Crippen LogP contribution in [0.5, 0.6) is 11.5 Å². The van der Waals surface area contributed by atoms with Crippen LogP contribution in [0.2, 0.25) is 0 Å². The summed E-state index contributed by atoms with van der Waals surface area (Å²) < 4.78 is 0. The smallest absolute Gasteiger partial charge is 0.261 e. The molecule has 2 amide bonds. The predicted molar refractivity (Wildman–Crippen MR) is 236 cm³/mol. The summed E-state index contributed by atoms with van der Waals surface area (Å²) in [6.07, 6.45) is 2.86. The molecule has 10 heteroatoms. The highest BCUT2D eigenvalue weighted by molar-refractivity contribution is 6.07. The Morgan fingerprint density at radius 3 is 1.10 bits per heavy atom. The minimum atomic E-state index is -0.509. The Bertz CT molecular complexity index is 2480. The molecule has 0 saturated carbocycles. The van der Waals surface area contributed by atoms with Crippen LogP contribution in [0.25, 0.3) is 21.8 Å². The number of phenols is 2. The average molecular weight is 785 g/mol. The largest absolute Gasteiger partial charge is 0.508 e. The van der Waals surface area contributed by atoms with Crippen LogP contribution in [0.4, 0.5) is 11.4 Å². The van der Waals surface area contributed by atoms with Crippen LogP contribution in [0.3, 0.4) is 0 Å². The molecule has 0 spiro atoms. The first-order chi connectivity index (χ1) is 26.8. The van der Waals surface area contributed by atoms with Gasteiger partial charge in [0.05, 0.1) is 0 Å². The van der Waals surface area contributed by atoms with Gasteiger partial charge in [-0.15, -0.1) is 0 Å². The van der Waals surface area contributed by atoms with E-state index < -0.39 is 11.8 Å². The van der Waals surface area contributed by atoms with E-state index in [-0.39, 0.29) is 55.1 Å². The van der Waals surface area contributed by atoms with Gasteiger partial charge in [0.15, 0.2) is 0 Å². The van der Waals surface area contributed by atoms with E-state index in [9.17, 15) is 29.4 Å². The van der Waals surface area contributed by atoms with Gasteiger partial charge in [0.25, 0.3) is 11.8 Å². The monoisotopic (exact) mass is 784 g/mol. The van der Waals surface area contributed by atoms with Crippen molar-refractivity contribution >= 4 is 45.0 Å². The van der Waals surface area contributed by atoms with Gasteiger partial charge in [-0.2, -0.15) is 0 Å². The van der Waals surface area contributed by atoms with E-state index in [1.807, 2.05) is 107 Å². The number of hydrogen-bond acceptors (Lipinski definition) is 6. The van der Waals surface area contributed by atoms with E-state index in [4.69, 9.17) is 0 Å². The average Bonchev–Trinajstić information content (AvgIpc) is 3.10. The molecule has 2 aromatic heterocycles. The molecular formula is C48H56N4O6. The van der Waals surface area contributed by atoms with Gasteiger partial charge in [-0.1, -0.05) is 107 Å². The summed E-state index contributed by atoms with van der Waals surface area (Å²) >= 11 is 0. The second-order valence-corrected chi connectivity index (χ2v) is 18.9. The number of amides is 2. The Kier molecular flexibility index (Phi) is 11.6. The topological polar surface area (TPSA) is 164 Å². The summed E-state index contributed by atoms with van der Waals surface area (Å²) in [7, 11) is 0. The first kappa shape index (κ1) is 43.0. The van der Waals surface area contributed by atoms with Crippen LogP contribution in [-0.4, -0.2) is 32.0 Å². The third kappa shape index (κ3) is 9.17. The molecule has 0 aliphatic rings. The molecule has 6 N–H and O–H groups in total. The molecule has 2 heterocycles. The van der Waals surface area contributed by atoms with Crippen molar-refractivity contribution in [1.82, 2.24) is 9.97 Å². The molecule has 0 fully saturated rings. The maximum absolute atomic E-state index is 12.9. The summed E-state index contributed by atoms with van der Waals surface area (Å²) in [6, 6.07) is 21.2. The number of hydrogen-bond donors (Lipinski definition) is 6. The zero-order valence-corrected chi connectivity index (χ0v) is 35.6. The lowest BCUT2D eigenvalue weighted by atomic mass is 9.79. The highest BCUT2D eigenvalue weighted by Gasteiger charge is 2.28. The SMILES string of the molecule is CC(C)(C)c1cc(C(C)(C)C)c(NC(=O)c2c[nH]c3ccccc3c2=O)cc1O.CC(C)(C)c1cc(C(C)(C)C)c(NC(=O)c2c[nH]c3ccccc3c2=O)cc1O. The Hall–Kier alpha value is -6.16. The summed E-state index contributed by atoms with van der Waals surface area (Å²) in [6.45, 7) is 24.5. The molecule has 0 bridgehead atoms. The van der Waals surface area contributed by atoms with E-state index in [1.54, 1.807) is 48.5 Å². The number of rotatable bonds is 4. The predicted octanol–water partition coefficient (Wildman–Crippen LogP) is 10.2. The van der Waals surface area contributed by atoms with Crippen LogP contribution < -0.4 is 21.5 Å². The minimum absolute atomic E-state index is 0.0305. The molecule has 4 aromatic carbocycles. The van der Waals surface area contributed by atoms with E-state index in [1.165, 1.54) is 12.4 Å². The van der Waals surface area contributed by atoms with Gasteiger partial charge >= 0.3 is 0 Å². The second-order valence-electron chi connectivity index (χ2n) is 18.9. The van der Waals surface area contributed by atoms with Crippen molar-refractivity contribution in [3.05, 3.63) is 139 Å². The number of benzene rings is 4. The molecule has 0 atom stereocenters. The number of H-pyrrole nitrogens is 2. The summed E-state index contributed by atoms with van der Waals surface area (Å²) in [4.78, 5) is 57.4. The Balaban J connectivity index is 0.000000221. The summed E-state index contributed by atoms with van der Waals surface area (Å²) in [5.74, 6) is -0.780. The van der Waals surface area contributed by atoms with Gasteiger partial charge in [-0.25, -0.2) is 0 Å². The molecule has 58 heavy (non-hydrogen) atoms. The molecular weight excluding hydrogens is 729 g/mol. The molecule has 304 valence electrons. The third-order valence-electron chi connectivity index (χ3n) is 10.1. The number of aromatic amines is 2. The van der Waals surface area contributed by atoms with Crippen molar-refractivity contribution in [3.63, 3.8) is 0 Å². The number of fused-ring (bicyclic) bond motifs is 2. The maximum Gasteiger partial charge on any atom is 0.261 e. The van der Waals surface area contributed by atoms with Crippen molar-refractivity contribution in [2.75, 3.05) is 10.6 Å². The number of para-hydroxylation sites is 2. The number of aromatic hydroxyl groups is 2. The minimum Gasteiger partial charge on any atom is -0.508 e. The van der Waals surface area contributed by atoms with Crippen molar-refractivity contribution in [1.29, 1.82) is 0 Å². The van der Waals surface area contributed by atoms with E-state index in [0.29, 0.717) is 33.2 Å². The lowest BCUT2D eigenvalue weighted by molar-refractivity contribution is 0.101. The quantitative estimate of drug-likeness (QED) is 0.104. The van der Waals surface area contributed by atoms with Crippen molar-refractivity contribution < 1.29 is 19.8 Å². The zero-order valence-electron chi connectivity index (χ0n) is 35.6. The fourth-order valence-electron chi connectivity index (χ4n) is 6.88. The molecule has 6 aromatic rings. The van der Waals surface area contributed by atoms with E-state index in [0.717, 1.165) is 22.3 Å². The van der Waals surface area contributed by atoms with Crippen molar-refractivity contribution in [3.8, 4) is 11.5 Å². The number of pyridine rings is 2. The Labute approximate surface area is 339 Å². The molecule has 0 unspecified atom stereocenters. The third-order valence-corrected chi connectivity index (χ3v) is 10.1. The lowest BCUT2D eigenvalue weighted by Crippen LogP contribution is -2.25. The van der Waals surface area contributed by atoms with Crippen LogP contribution in [0.15, 0.2) is 94.8 Å². The van der Waals surface area contributed by atoms with Crippen molar-refractivity contribution in [2.45, 2.75) is 105 Å². The number of nitrogens with one attached hydrogen (secondary N) is 4. The fourth-order valence-corrected chi connectivity index (χ4v) is 6.88. The summed E-state index contributed by atoms with van der Waals surface area (Å²) in [5, 5.41) is 27.8. The first-order valence-electron chi connectivity index (χ1n) is 19.4. The standard InChI is InChI=1S/2C24H28N2O3/c2*1-23(2,3)16-11-17(24(4,5)6)20(27)12-19(16)26-22(29)15-13-25-18-10-8-7-9-14(18)21(15)28/h2*7-13,27H,1-6H3,(H,25,28)(H,26,29). The molecule has 0 aliphatic heterocycles. The second kappa shape index (κ2) is 15.6. The number of carbonyl (C=O) groups excluding carboxylic acids is 2. The summed E-state index contributed by atoms with van der Waals surface area (Å²) in [5.41, 5.74) is 4.13. The van der Waals surface area contributed by atoms with Gasteiger partial charge < -0.3 is 30.8 Å². The van der Waals surface area contributed by atoms with Gasteiger partial charge in [-0.3, -0.25) is 19.2 Å². The molecule has 10 nitrogen and oxygen atoms in total. The van der Waals surface area contributed by atoms with Crippen LogP contribution in [0.1, 0.15) is 126 Å². The number of phenolic OH excluding ortho intramolecular Hbond substituents is 2. The highest BCUT2D eigenvalue weighted by Crippen LogP contribution is 2.41. The highest BCUT2D eigenvalue weighted by atomic mass is 16.3. The fraction of sp³-hybridized carbons (Fsp3) is 0.333.